The predicted molar refractivity (Wildman–Crippen MR) is 75.1 cm³/mol. The molecule has 2 heterocycles. The number of fused-ring (bicyclic) bond motifs is 2. The highest BCUT2D eigenvalue weighted by Gasteiger charge is 2.24. The number of ether oxygens (including phenoxy) is 1. The number of benzene rings is 2. The van der Waals surface area contributed by atoms with Crippen LogP contribution in [0, 0.1) is 6.20 Å². The average molecular weight is 248 g/mol. The SMILES string of the molecule is [c]1[nH]c(C2OCCc3ccccc32)c2ccccc12. The van der Waals surface area contributed by atoms with Crippen molar-refractivity contribution in [3.05, 3.63) is 71.5 Å². The number of nitrogens with one attached hydrogen (secondary N) is 1. The maximum absolute atomic E-state index is 6.01. The smallest absolute Gasteiger partial charge is 0.123 e. The first-order valence-corrected chi connectivity index (χ1v) is 6.61. The molecule has 2 heteroatoms. The van der Waals surface area contributed by atoms with E-state index < -0.39 is 0 Å². The van der Waals surface area contributed by atoms with Crippen molar-refractivity contribution in [2.45, 2.75) is 12.5 Å². The van der Waals surface area contributed by atoms with Gasteiger partial charge in [0.1, 0.15) is 6.10 Å². The zero-order valence-corrected chi connectivity index (χ0v) is 10.5. The van der Waals surface area contributed by atoms with Gasteiger partial charge in [-0.3, -0.25) is 0 Å². The topological polar surface area (TPSA) is 25.0 Å². The average Bonchev–Trinajstić information content (AvgIpc) is 2.90. The Morgan fingerprint density at radius 2 is 1.89 bits per heavy atom. The maximum atomic E-state index is 6.01. The van der Waals surface area contributed by atoms with E-state index in [1.54, 1.807) is 0 Å². The van der Waals surface area contributed by atoms with Crippen LogP contribution in [0.5, 0.6) is 0 Å². The minimum atomic E-state index is 0.00102. The summed E-state index contributed by atoms with van der Waals surface area (Å²) in [6.07, 6.45) is 4.21. The van der Waals surface area contributed by atoms with Gasteiger partial charge in [-0.05, 0) is 17.5 Å². The molecule has 1 radical (unpaired) electrons. The predicted octanol–water partition coefficient (Wildman–Crippen LogP) is 3.63. The van der Waals surface area contributed by atoms with Gasteiger partial charge in [-0.25, -0.2) is 0 Å². The molecule has 0 saturated heterocycles. The standard InChI is InChI=1S/C17H14NO/c1-4-8-15-12(5-1)9-10-19-17(15)16-14-7-3-2-6-13(14)11-18-16/h1-8,17-18H,9-10H2. The minimum Gasteiger partial charge on any atom is -0.367 e. The molecule has 19 heavy (non-hydrogen) atoms. The van der Waals surface area contributed by atoms with Gasteiger partial charge in [-0.2, -0.15) is 0 Å². The van der Waals surface area contributed by atoms with Crippen LogP contribution in [0.1, 0.15) is 22.9 Å². The molecule has 1 aromatic heterocycles. The lowest BCUT2D eigenvalue weighted by Gasteiger charge is -2.25. The highest BCUT2D eigenvalue weighted by molar-refractivity contribution is 5.85. The first-order chi connectivity index (χ1) is 9.43. The summed E-state index contributed by atoms with van der Waals surface area (Å²) in [5, 5.41) is 2.31. The van der Waals surface area contributed by atoms with Crippen LogP contribution < -0.4 is 0 Å². The van der Waals surface area contributed by atoms with Gasteiger partial charge in [-0.15, -0.1) is 0 Å². The Morgan fingerprint density at radius 3 is 2.89 bits per heavy atom. The molecule has 1 N–H and O–H groups in total. The van der Waals surface area contributed by atoms with Crippen LogP contribution in [-0.4, -0.2) is 11.6 Å². The number of aromatic nitrogens is 1. The first kappa shape index (κ1) is 10.8. The Balaban J connectivity index is 1.90. The summed E-state index contributed by atoms with van der Waals surface area (Å²) in [5.74, 6) is 0. The number of H-pyrrole nitrogens is 1. The zero-order valence-electron chi connectivity index (χ0n) is 10.5. The van der Waals surface area contributed by atoms with Gasteiger partial charge in [0.2, 0.25) is 0 Å². The van der Waals surface area contributed by atoms with E-state index in [1.807, 2.05) is 6.07 Å². The van der Waals surface area contributed by atoms with Crippen molar-refractivity contribution in [1.29, 1.82) is 0 Å². The van der Waals surface area contributed by atoms with E-state index in [4.69, 9.17) is 4.74 Å². The molecule has 1 unspecified atom stereocenters. The fraction of sp³-hybridized carbons (Fsp3) is 0.176. The van der Waals surface area contributed by atoms with Crippen LogP contribution in [0.3, 0.4) is 0 Å². The number of rotatable bonds is 1. The Bertz CT molecular complexity index is 729. The molecule has 0 bridgehead atoms. The number of hydrogen-bond acceptors (Lipinski definition) is 1. The molecular weight excluding hydrogens is 234 g/mol. The lowest BCUT2D eigenvalue weighted by molar-refractivity contribution is 0.0683. The molecule has 2 nitrogen and oxygen atoms in total. The Hall–Kier alpha value is -2.06. The first-order valence-electron chi connectivity index (χ1n) is 6.61. The molecule has 2 aromatic carbocycles. The van der Waals surface area contributed by atoms with E-state index in [9.17, 15) is 0 Å². The largest absolute Gasteiger partial charge is 0.367 e. The van der Waals surface area contributed by atoms with Crippen LogP contribution >= 0.6 is 0 Å². The van der Waals surface area contributed by atoms with Crippen molar-refractivity contribution >= 4 is 10.8 Å². The van der Waals surface area contributed by atoms with Gasteiger partial charge in [0.25, 0.3) is 0 Å². The van der Waals surface area contributed by atoms with Crippen molar-refractivity contribution in [3.63, 3.8) is 0 Å². The molecule has 3 aromatic rings. The second-order valence-corrected chi connectivity index (χ2v) is 4.91. The van der Waals surface area contributed by atoms with Crippen LogP contribution in [0.25, 0.3) is 10.8 Å². The van der Waals surface area contributed by atoms with Crippen LogP contribution in [0.4, 0.5) is 0 Å². The van der Waals surface area contributed by atoms with E-state index in [-0.39, 0.29) is 6.10 Å². The Kier molecular flexibility index (Phi) is 2.42. The number of hydrogen-bond donors (Lipinski definition) is 1. The quantitative estimate of drug-likeness (QED) is 0.699. The number of aromatic amines is 1. The maximum Gasteiger partial charge on any atom is 0.123 e. The van der Waals surface area contributed by atoms with Crippen molar-refractivity contribution < 1.29 is 4.74 Å². The molecule has 0 aliphatic carbocycles. The molecule has 1 atom stereocenters. The Labute approximate surface area is 112 Å². The summed E-state index contributed by atoms with van der Waals surface area (Å²) in [4.78, 5) is 3.27. The minimum absolute atomic E-state index is 0.00102. The summed E-state index contributed by atoms with van der Waals surface area (Å²) >= 11 is 0. The molecule has 0 fully saturated rings. The third-order valence-corrected chi connectivity index (χ3v) is 3.80. The summed E-state index contributed by atoms with van der Waals surface area (Å²) in [6.45, 7) is 0.773. The van der Waals surface area contributed by atoms with E-state index in [1.165, 1.54) is 16.5 Å². The van der Waals surface area contributed by atoms with Crippen LogP contribution in [-0.2, 0) is 11.2 Å². The summed E-state index contributed by atoms with van der Waals surface area (Å²) in [5.41, 5.74) is 3.77. The molecule has 93 valence electrons. The second kappa shape index (κ2) is 4.25. The monoisotopic (exact) mass is 248 g/mol. The van der Waals surface area contributed by atoms with Gasteiger partial charge < -0.3 is 9.72 Å². The van der Waals surface area contributed by atoms with Gasteiger partial charge in [0, 0.05) is 10.8 Å². The zero-order chi connectivity index (χ0) is 12.7. The lowest BCUT2D eigenvalue weighted by Crippen LogP contribution is -2.17. The van der Waals surface area contributed by atoms with Gasteiger partial charge in [0.15, 0.2) is 0 Å². The molecule has 1 aliphatic rings. The molecule has 0 amide bonds. The third kappa shape index (κ3) is 1.68. The van der Waals surface area contributed by atoms with Crippen LogP contribution in [0.15, 0.2) is 48.5 Å². The summed E-state index contributed by atoms with van der Waals surface area (Å²) < 4.78 is 6.01. The van der Waals surface area contributed by atoms with Crippen molar-refractivity contribution in [2.75, 3.05) is 6.61 Å². The molecule has 4 rings (SSSR count). The highest BCUT2D eigenvalue weighted by atomic mass is 16.5. The third-order valence-electron chi connectivity index (χ3n) is 3.80. The van der Waals surface area contributed by atoms with Crippen molar-refractivity contribution in [1.82, 2.24) is 4.98 Å². The van der Waals surface area contributed by atoms with E-state index in [2.05, 4.69) is 53.6 Å². The molecule has 1 aliphatic heterocycles. The Morgan fingerprint density at radius 1 is 1.05 bits per heavy atom. The fourth-order valence-electron chi connectivity index (χ4n) is 2.87. The summed E-state index contributed by atoms with van der Waals surface area (Å²) in [6, 6.07) is 16.8. The van der Waals surface area contributed by atoms with E-state index >= 15 is 0 Å². The summed E-state index contributed by atoms with van der Waals surface area (Å²) in [7, 11) is 0. The van der Waals surface area contributed by atoms with Crippen molar-refractivity contribution in [3.8, 4) is 0 Å². The van der Waals surface area contributed by atoms with E-state index in [0.29, 0.717) is 0 Å². The van der Waals surface area contributed by atoms with Gasteiger partial charge >= 0.3 is 0 Å². The highest BCUT2D eigenvalue weighted by Crippen LogP contribution is 2.35. The molecule has 0 saturated carbocycles. The van der Waals surface area contributed by atoms with Gasteiger partial charge in [0.05, 0.1) is 18.5 Å². The second-order valence-electron chi connectivity index (χ2n) is 4.91. The van der Waals surface area contributed by atoms with Crippen molar-refractivity contribution in [2.24, 2.45) is 0 Å². The molecule has 0 spiro atoms. The lowest BCUT2D eigenvalue weighted by atomic mass is 9.94. The van der Waals surface area contributed by atoms with E-state index in [0.717, 1.165) is 24.1 Å². The van der Waals surface area contributed by atoms with Crippen LogP contribution in [0.2, 0.25) is 0 Å². The molecular formula is C17H14NO. The normalized spacial score (nSPS) is 18.4. The van der Waals surface area contributed by atoms with Gasteiger partial charge in [-0.1, -0.05) is 48.5 Å². The fourth-order valence-corrected chi connectivity index (χ4v) is 2.87.